The van der Waals surface area contributed by atoms with E-state index in [9.17, 15) is 0 Å². The van der Waals surface area contributed by atoms with E-state index in [0.717, 1.165) is 29.6 Å². The zero-order valence-electron chi connectivity index (χ0n) is 13.3. The normalized spacial score (nSPS) is 45.2. The maximum atomic E-state index is 2.60. The molecule has 0 amide bonds. The maximum Gasteiger partial charge on any atom is -0.0292 e. The Morgan fingerprint density at radius 3 is 2.50 bits per heavy atom. The van der Waals surface area contributed by atoms with Crippen LogP contribution in [0.3, 0.4) is 0 Å². The molecule has 0 radical (unpaired) electrons. The Hall–Kier alpha value is 0. The molecule has 6 atom stereocenters. The first-order valence-electron chi connectivity index (χ1n) is 8.46. The average molecular weight is 250 g/mol. The summed E-state index contributed by atoms with van der Waals surface area (Å²) in [5, 5.41) is 0. The van der Waals surface area contributed by atoms with E-state index in [0.29, 0.717) is 5.41 Å². The smallest absolute Gasteiger partial charge is 0.0292 e. The molecule has 0 nitrogen and oxygen atoms in total. The fourth-order valence-corrected chi connectivity index (χ4v) is 5.30. The topological polar surface area (TPSA) is 0 Å². The first-order valence-corrected chi connectivity index (χ1v) is 8.46. The van der Waals surface area contributed by atoms with Gasteiger partial charge in [0.1, 0.15) is 0 Å². The molecule has 18 heavy (non-hydrogen) atoms. The third-order valence-electron chi connectivity index (χ3n) is 6.38. The molecule has 0 heterocycles. The summed E-state index contributed by atoms with van der Waals surface area (Å²) in [6.07, 6.45) is 10.3. The van der Waals surface area contributed by atoms with Crippen LogP contribution in [0, 0.1) is 35.0 Å². The zero-order chi connectivity index (χ0) is 13.3. The van der Waals surface area contributed by atoms with Crippen molar-refractivity contribution in [2.75, 3.05) is 0 Å². The highest BCUT2D eigenvalue weighted by Gasteiger charge is 2.50. The van der Waals surface area contributed by atoms with E-state index in [1.165, 1.54) is 44.9 Å². The third-order valence-corrected chi connectivity index (χ3v) is 6.38. The SMILES string of the molecule is CCCC(C)CCC1CC(C)C2CC1(C)CC2C. The van der Waals surface area contributed by atoms with E-state index < -0.39 is 0 Å². The van der Waals surface area contributed by atoms with E-state index in [-0.39, 0.29) is 0 Å². The molecule has 2 aliphatic carbocycles. The molecule has 0 saturated heterocycles. The lowest BCUT2D eigenvalue weighted by molar-refractivity contribution is 0.0835. The predicted molar refractivity (Wildman–Crippen MR) is 80.6 cm³/mol. The van der Waals surface area contributed by atoms with Crippen LogP contribution < -0.4 is 0 Å². The maximum absolute atomic E-state index is 2.60. The van der Waals surface area contributed by atoms with E-state index in [2.05, 4.69) is 34.6 Å². The minimum absolute atomic E-state index is 0.697. The summed E-state index contributed by atoms with van der Waals surface area (Å²) in [5.74, 6) is 4.99. The second-order valence-electron chi connectivity index (χ2n) is 8.08. The van der Waals surface area contributed by atoms with Gasteiger partial charge in [0.25, 0.3) is 0 Å². The fraction of sp³-hybridized carbons (Fsp3) is 1.00. The Labute approximate surface area is 115 Å². The molecule has 2 saturated carbocycles. The molecule has 0 aliphatic heterocycles. The minimum Gasteiger partial charge on any atom is -0.0654 e. The van der Waals surface area contributed by atoms with Crippen LogP contribution in [0.15, 0.2) is 0 Å². The second-order valence-corrected chi connectivity index (χ2v) is 8.08. The highest BCUT2D eigenvalue weighted by molar-refractivity contribution is 5.00. The molecule has 6 unspecified atom stereocenters. The van der Waals surface area contributed by atoms with E-state index in [4.69, 9.17) is 0 Å². The number of hydrogen-bond donors (Lipinski definition) is 0. The molecular weight excluding hydrogens is 216 g/mol. The van der Waals surface area contributed by atoms with Gasteiger partial charge in [0, 0.05) is 0 Å². The standard InChI is InChI=1S/C18H34/c1-6-7-13(2)8-9-16-10-14(3)17-12-18(16,5)11-15(17)4/h13-17H,6-12H2,1-5H3. The van der Waals surface area contributed by atoms with Crippen LogP contribution in [0.25, 0.3) is 0 Å². The lowest BCUT2D eigenvalue weighted by Gasteiger charge is -2.42. The van der Waals surface area contributed by atoms with Gasteiger partial charge in [-0.05, 0) is 60.7 Å². The van der Waals surface area contributed by atoms with Crippen molar-refractivity contribution in [3.8, 4) is 0 Å². The first kappa shape index (κ1) is 14.4. The van der Waals surface area contributed by atoms with Crippen LogP contribution in [0.4, 0.5) is 0 Å². The van der Waals surface area contributed by atoms with Gasteiger partial charge in [-0.15, -0.1) is 0 Å². The minimum atomic E-state index is 0.697. The molecule has 2 aliphatic rings. The molecule has 2 bridgehead atoms. The van der Waals surface area contributed by atoms with Gasteiger partial charge in [0.15, 0.2) is 0 Å². The summed E-state index contributed by atoms with van der Waals surface area (Å²) in [6.45, 7) is 12.4. The molecule has 0 aromatic heterocycles. The van der Waals surface area contributed by atoms with Gasteiger partial charge in [-0.1, -0.05) is 53.9 Å². The summed E-state index contributed by atoms with van der Waals surface area (Å²) in [5.41, 5.74) is 0.697. The Morgan fingerprint density at radius 1 is 1.11 bits per heavy atom. The van der Waals surface area contributed by atoms with E-state index in [1.807, 2.05) is 0 Å². The van der Waals surface area contributed by atoms with Crippen LogP contribution in [-0.2, 0) is 0 Å². The van der Waals surface area contributed by atoms with Crippen molar-refractivity contribution in [3.63, 3.8) is 0 Å². The van der Waals surface area contributed by atoms with Crippen LogP contribution in [0.1, 0.15) is 79.6 Å². The van der Waals surface area contributed by atoms with Gasteiger partial charge >= 0.3 is 0 Å². The van der Waals surface area contributed by atoms with Crippen LogP contribution in [0.2, 0.25) is 0 Å². The van der Waals surface area contributed by atoms with E-state index in [1.54, 1.807) is 0 Å². The van der Waals surface area contributed by atoms with E-state index >= 15 is 0 Å². The van der Waals surface area contributed by atoms with Crippen LogP contribution >= 0.6 is 0 Å². The molecule has 0 spiro atoms. The average Bonchev–Trinajstić information content (AvgIpc) is 2.57. The molecule has 0 aromatic carbocycles. The molecule has 0 N–H and O–H groups in total. The Morgan fingerprint density at radius 2 is 1.83 bits per heavy atom. The molecule has 0 heteroatoms. The monoisotopic (exact) mass is 250 g/mol. The van der Waals surface area contributed by atoms with Gasteiger partial charge in [0.05, 0.1) is 0 Å². The van der Waals surface area contributed by atoms with Crippen molar-refractivity contribution >= 4 is 0 Å². The summed E-state index contributed by atoms with van der Waals surface area (Å²) in [6, 6.07) is 0. The number of rotatable bonds is 5. The second kappa shape index (κ2) is 5.55. The number of hydrogen-bond acceptors (Lipinski definition) is 0. The fourth-order valence-electron chi connectivity index (χ4n) is 5.30. The Bertz CT molecular complexity index is 269. The van der Waals surface area contributed by atoms with Gasteiger partial charge < -0.3 is 0 Å². The van der Waals surface area contributed by atoms with Crippen molar-refractivity contribution < 1.29 is 0 Å². The van der Waals surface area contributed by atoms with Crippen molar-refractivity contribution in [3.05, 3.63) is 0 Å². The summed E-state index contributed by atoms with van der Waals surface area (Å²) in [7, 11) is 0. The largest absolute Gasteiger partial charge is 0.0654 e. The van der Waals surface area contributed by atoms with Crippen molar-refractivity contribution in [2.24, 2.45) is 35.0 Å². The lowest BCUT2D eigenvalue weighted by Crippen LogP contribution is -2.32. The van der Waals surface area contributed by atoms with Gasteiger partial charge in [-0.3, -0.25) is 0 Å². The lowest BCUT2D eigenvalue weighted by atomic mass is 9.64. The highest BCUT2D eigenvalue weighted by Crippen LogP contribution is 2.59. The quantitative estimate of drug-likeness (QED) is 0.569. The van der Waals surface area contributed by atoms with Crippen LogP contribution in [0.5, 0.6) is 0 Å². The molecule has 2 rings (SSSR count). The summed E-state index contributed by atoms with van der Waals surface area (Å²) >= 11 is 0. The predicted octanol–water partition coefficient (Wildman–Crippen LogP) is 5.91. The summed E-state index contributed by atoms with van der Waals surface area (Å²) in [4.78, 5) is 0. The van der Waals surface area contributed by atoms with Crippen LogP contribution in [-0.4, -0.2) is 0 Å². The summed E-state index contributed by atoms with van der Waals surface area (Å²) < 4.78 is 0. The first-order chi connectivity index (χ1) is 8.46. The molecular formula is C18H34. The molecule has 0 aromatic rings. The van der Waals surface area contributed by atoms with Crippen molar-refractivity contribution in [1.29, 1.82) is 0 Å². The number of fused-ring (bicyclic) bond motifs is 2. The van der Waals surface area contributed by atoms with Crippen molar-refractivity contribution in [2.45, 2.75) is 79.6 Å². The third kappa shape index (κ3) is 2.78. The molecule has 106 valence electrons. The van der Waals surface area contributed by atoms with Gasteiger partial charge in [0.2, 0.25) is 0 Å². The molecule has 2 fully saturated rings. The Kier molecular flexibility index (Phi) is 4.44. The Balaban J connectivity index is 1.92. The van der Waals surface area contributed by atoms with Gasteiger partial charge in [-0.25, -0.2) is 0 Å². The highest BCUT2D eigenvalue weighted by atomic mass is 14.6. The van der Waals surface area contributed by atoms with Crippen molar-refractivity contribution in [1.82, 2.24) is 0 Å². The zero-order valence-corrected chi connectivity index (χ0v) is 13.3. The van der Waals surface area contributed by atoms with Gasteiger partial charge in [-0.2, -0.15) is 0 Å².